The van der Waals surface area contributed by atoms with Crippen LogP contribution in [0.2, 0.25) is 0 Å². The molecule has 0 fully saturated rings. The first kappa shape index (κ1) is 39.5. The molecule has 3 amide bonds. The molecular formula is C38H46N12O6. The number of nitrogens with two attached hydrogens (primary N) is 1. The van der Waals surface area contributed by atoms with E-state index in [1.54, 1.807) is 57.9 Å². The molecule has 0 saturated carbocycles. The largest absolute Gasteiger partial charge is 0.394 e. The molecule has 0 aliphatic heterocycles. The van der Waals surface area contributed by atoms with Crippen LogP contribution >= 0.6 is 0 Å². The maximum absolute atomic E-state index is 13.5. The van der Waals surface area contributed by atoms with Gasteiger partial charge >= 0.3 is 0 Å². The Labute approximate surface area is 322 Å². The number of aliphatic hydroxyl groups is 2. The van der Waals surface area contributed by atoms with E-state index < -0.39 is 6.23 Å². The molecule has 7 N–H and O–H groups in total. The van der Waals surface area contributed by atoms with E-state index in [2.05, 4.69) is 31.1 Å². The maximum Gasteiger partial charge on any atom is 0.276 e. The summed E-state index contributed by atoms with van der Waals surface area (Å²) in [7, 11) is 0. The molecule has 0 radical (unpaired) electrons. The molecule has 0 aliphatic carbocycles. The van der Waals surface area contributed by atoms with Gasteiger partial charge in [-0.05, 0) is 75.7 Å². The maximum atomic E-state index is 13.5. The number of allylic oxidation sites excluding steroid dienone is 2. The Morgan fingerprint density at radius 2 is 1.32 bits per heavy atom. The minimum Gasteiger partial charge on any atom is -0.394 e. The quantitative estimate of drug-likeness (QED) is 0.0449. The number of carbonyl (C=O) groups is 3. The van der Waals surface area contributed by atoms with E-state index >= 15 is 0 Å². The van der Waals surface area contributed by atoms with Crippen LogP contribution in [0.4, 0.5) is 11.9 Å². The van der Waals surface area contributed by atoms with E-state index in [0.29, 0.717) is 75.6 Å². The minimum absolute atomic E-state index is 0.101. The number of fused-ring (bicyclic) bond motifs is 2. The zero-order valence-corrected chi connectivity index (χ0v) is 31.7. The van der Waals surface area contributed by atoms with Gasteiger partial charge in [-0.15, -0.1) is 0 Å². The summed E-state index contributed by atoms with van der Waals surface area (Å²) in [6.45, 7) is 9.62. The monoisotopic (exact) mass is 766 g/mol. The lowest BCUT2D eigenvalue weighted by Crippen LogP contribution is -2.27. The number of hydrogen-bond donors (Lipinski definition) is 6. The Kier molecular flexibility index (Phi) is 12.3. The lowest BCUT2D eigenvalue weighted by atomic mass is 10.2. The number of aromatic nitrogens is 8. The molecule has 2 aromatic carbocycles. The SMILES string of the molecule is CCn1nc(C)cc1C(=O)Nc1nc2cc(C(=O)NCCOCCO)ccc2n1C/C=C/Cn1c(NC(=O)c2cc(C)nn2CC)nc2cc(C(N)O)ccc21. The molecule has 0 bridgehead atoms. The fraction of sp³-hybridized carbons (Fsp3) is 0.342. The molecule has 0 aliphatic rings. The molecule has 56 heavy (non-hydrogen) atoms. The van der Waals surface area contributed by atoms with Crippen molar-refractivity contribution >= 4 is 51.7 Å². The van der Waals surface area contributed by atoms with Gasteiger partial charge in [0.15, 0.2) is 0 Å². The predicted octanol–water partition coefficient (Wildman–Crippen LogP) is 2.88. The standard InChI is InChI=1S/C38H46N12O6/c1-5-49-31(19-23(3)45-49)35(54)43-37-41-27-21-25(33(39)52)9-11-29(27)47(37)14-7-8-15-48-30-12-10-26(34(53)40-13-17-56-18-16-51)22-28(30)42-38(48)44-36(55)32-20-24(4)46-50(32)6-2/h7-12,19-22,33,51-52H,5-6,13-18,39H2,1-4H3,(H,40,53)(H,41,43,54)(H,42,44,55)/b8-7+. The summed E-state index contributed by atoms with van der Waals surface area (Å²) in [4.78, 5) is 49.3. The molecule has 1 unspecified atom stereocenters. The number of aryl methyl sites for hydroxylation is 4. The Morgan fingerprint density at radius 1 is 0.786 bits per heavy atom. The van der Waals surface area contributed by atoms with Crippen LogP contribution < -0.4 is 21.7 Å². The first-order chi connectivity index (χ1) is 27.0. The average molecular weight is 767 g/mol. The number of nitrogens with zero attached hydrogens (tertiary/aromatic N) is 8. The van der Waals surface area contributed by atoms with Gasteiger partial charge in [-0.2, -0.15) is 10.2 Å². The van der Waals surface area contributed by atoms with Crippen LogP contribution in [0.15, 0.2) is 60.7 Å². The summed E-state index contributed by atoms with van der Waals surface area (Å²) >= 11 is 0. The molecule has 1 atom stereocenters. The predicted molar refractivity (Wildman–Crippen MR) is 209 cm³/mol. The second kappa shape index (κ2) is 17.5. The normalized spacial score (nSPS) is 12.2. The summed E-state index contributed by atoms with van der Waals surface area (Å²) in [6.07, 6.45) is 2.60. The number of anilines is 2. The third-order valence-corrected chi connectivity index (χ3v) is 8.95. The number of aliphatic hydroxyl groups excluding tert-OH is 2. The Hall–Kier alpha value is -6.21. The van der Waals surface area contributed by atoms with Crippen molar-refractivity contribution in [2.24, 2.45) is 5.73 Å². The van der Waals surface area contributed by atoms with Crippen molar-refractivity contribution in [3.05, 3.63) is 94.6 Å². The number of ether oxygens (including phenoxy) is 1. The van der Waals surface area contributed by atoms with E-state index in [1.807, 2.05) is 49.0 Å². The third-order valence-electron chi connectivity index (χ3n) is 8.95. The fourth-order valence-corrected chi connectivity index (χ4v) is 6.30. The highest BCUT2D eigenvalue weighted by Gasteiger charge is 2.21. The highest BCUT2D eigenvalue weighted by molar-refractivity contribution is 6.04. The second-order valence-corrected chi connectivity index (χ2v) is 12.9. The lowest BCUT2D eigenvalue weighted by Gasteiger charge is -2.10. The van der Waals surface area contributed by atoms with E-state index in [4.69, 9.17) is 20.6 Å². The Bertz CT molecular complexity index is 2400. The van der Waals surface area contributed by atoms with Crippen molar-refractivity contribution < 1.29 is 29.3 Å². The summed E-state index contributed by atoms with van der Waals surface area (Å²) < 4.78 is 12.1. The Balaban J connectivity index is 1.29. The van der Waals surface area contributed by atoms with Gasteiger partial charge in [-0.25, -0.2) is 9.97 Å². The van der Waals surface area contributed by atoms with Gasteiger partial charge in [0.2, 0.25) is 11.9 Å². The molecule has 18 nitrogen and oxygen atoms in total. The van der Waals surface area contributed by atoms with Crippen molar-refractivity contribution in [1.29, 1.82) is 0 Å². The Morgan fingerprint density at radius 3 is 1.84 bits per heavy atom. The molecule has 6 rings (SSSR count). The summed E-state index contributed by atoms with van der Waals surface area (Å²) in [5, 5.41) is 36.4. The van der Waals surface area contributed by atoms with Gasteiger partial charge in [0.05, 0.1) is 53.3 Å². The third kappa shape index (κ3) is 8.68. The number of imidazole rings is 2. The molecular weight excluding hydrogens is 720 g/mol. The van der Waals surface area contributed by atoms with Crippen LogP contribution in [0.25, 0.3) is 22.1 Å². The lowest BCUT2D eigenvalue weighted by molar-refractivity contribution is 0.0837. The van der Waals surface area contributed by atoms with Gasteiger partial charge in [0.25, 0.3) is 17.7 Å². The molecule has 6 aromatic rings. The van der Waals surface area contributed by atoms with Crippen molar-refractivity contribution in [1.82, 2.24) is 44.0 Å². The highest BCUT2D eigenvalue weighted by atomic mass is 16.5. The zero-order valence-electron chi connectivity index (χ0n) is 31.7. The highest BCUT2D eigenvalue weighted by Crippen LogP contribution is 2.25. The van der Waals surface area contributed by atoms with Crippen molar-refractivity contribution in [2.45, 2.75) is 60.1 Å². The molecule has 4 aromatic heterocycles. The smallest absolute Gasteiger partial charge is 0.276 e. The zero-order chi connectivity index (χ0) is 39.9. The van der Waals surface area contributed by atoms with Gasteiger partial charge < -0.3 is 35.1 Å². The first-order valence-corrected chi connectivity index (χ1v) is 18.3. The van der Waals surface area contributed by atoms with Gasteiger partial charge in [-0.1, -0.05) is 18.2 Å². The molecule has 18 heteroatoms. The van der Waals surface area contributed by atoms with Crippen molar-refractivity contribution in [3.8, 4) is 0 Å². The summed E-state index contributed by atoms with van der Waals surface area (Å²) in [6, 6.07) is 13.7. The van der Waals surface area contributed by atoms with Crippen LogP contribution in [-0.4, -0.2) is 93.0 Å². The number of hydrogen-bond acceptors (Lipinski definition) is 11. The number of carbonyl (C=O) groups excluding carboxylic acids is 3. The molecule has 294 valence electrons. The minimum atomic E-state index is -1.20. The summed E-state index contributed by atoms with van der Waals surface area (Å²) in [5.74, 6) is -0.530. The van der Waals surface area contributed by atoms with Crippen LogP contribution in [0.5, 0.6) is 0 Å². The van der Waals surface area contributed by atoms with E-state index in [0.717, 1.165) is 0 Å². The second-order valence-electron chi connectivity index (χ2n) is 12.9. The van der Waals surface area contributed by atoms with Crippen LogP contribution in [0.1, 0.15) is 68.4 Å². The van der Waals surface area contributed by atoms with E-state index in [-0.39, 0.29) is 62.5 Å². The average Bonchev–Trinajstić information content (AvgIpc) is 3.94. The van der Waals surface area contributed by atoms with Gasteiger partial charge in [-0.3, -0.25) is 34.4 Å². The van der Waals surface area contributed by atoms with Crippen LogP contribution in [-0.2, 0) is 30.9 Å². The van der Waals surface area contributed by atoms with Gasteiger partial charge in [0.1, 0.15) is 17.6 Å². The first-order valence-electron chi connectivity index (χ1n) is 18.3. The number of benzene rings is 2. The summed E-state index contributed by atoms with van der Waals surface area (Å²) in [5.41, 5.74) is 11.2. The van der Waals surface area contributed by atoms with E-state index in [1.165, 1.54) is 0 Å². The topological polar surface area (TPSA) is 234 Å². The van der Waals surface area contributed by atoms with E-state index in [9.17, 15) is 19.5 Å². The van der Waals surface area contributed by atoms with Crippen molar-refractivity contribution in [3.63, 3.8) is 0 Å². The molecule has 0 spiro atoms. The number of amides is 3. The van der Waals surface area contributed by atoms with Crippen molar-refractivity contribution in [2.75, 3.05) is 37.0 Å². The van der Waals surface area contributed by atoms with Crippen LogP contribution in [0, 0.1) is 13.8 Å². The van der Waals surface area contributed by atoms with Crippen LogP contribution in [0.3, 0.4) is 0 Å². The molecule has 4 heterocycles. The number of rotatable bonds is 17. The number of nitrogens with one attached hydrogen (secondary N) is 3. The molecule has 0 saturated heterocycles. The van der Waals surface area contributed by atoms with Gasteiger partial charge in [0, 0.05) is 38.3 Å². The fourth-order valence-electron chi connectivity index (χ4n) is 6.30.